The fourth-order valence-electron chi connectivity index (χ4n) is 4.44. The van der Waals surface area contributed by atoms with Gasteiger partial charge in [-0.3, -0.25) is 14.9 Å². The molecule has 0 saturated carbocycles. The van der Waals surface area contributed by atoms with Crippen molar-refractivity contribution in [2.75, 3.05) is 41.5 Å². The van der Waals surface area contributed by atoms with E-state index in [9.17, 15) is 23.3 Å². The Morgan fingerprint density at radius 2 is 1.64 bits per heavy atom. The zero-order valence-electron chi connectivity index (χ0n) is 22.0. The second-order valence-corrected chi connectivity index (χ2v) is 11.2. The summed E-state index contributed by atoms with van der Waals surface area (Å²) in [7, 11) is 2.33. The predicted molar refractivity (Wildman–Crippen MR) is 143 cm³/mol. The molecule has 1 heterocycles. The Balaban J connectivity index is 1.67. The smallest absolute Gasteiger partial charge is 0.269 e. The molecule has 0 unspecified atom stereocenters. The van der Waals surface area contributed by atoms with Crippen LogP contribution in [0.4, 0.5) is 5.69 Å². The van der Waals surface area contributed by atoms with E-state index < -0.39 is 21.0 Å². The molecule has 0 aromatic heterocycles. The monoisotopic (exact) mass is 555 g/mol. The number of fused-ring (bicyclic) bond motifs is 1. The first-order valence-corrected chi connectivity index (χ1v) is 13.5. The first kappa shape index (κ1) is 27.9. The zero-order valence-corrected chi connectivity index (χ0v) is 22.8. The number of sulfonamides is 1. The van der Waals surface area contributed by atoms with Crippen LogP contribution in [0, 0.1) is 10.1 Å². The fraction of sp³-hybridized carbons (Fsp3) is 0.296. The van der Waals surface area contributed by atoms with Crippen LogP contribution in [0.2, 0.25) is 0 Å². The van der Waals surface area contributed by atoms with E-state index in [0.717, 1.165) is 15.4 Å². The Morgan fingerprint density at radius 3 is 2.21 bits per heavy atom. The topological polar surface area (TPSA) is 129 Å². The van der Waals surface area contributed by atoms with Crippen molar-refractivity contribution in [3.63, 3.8) is 0 Å². The lowest BCUT2D eigenvalue weighted by molar-refractivity contribution is -0.384. The Kier molecular flexibility index (Phi) is 8.07. The van der Waals surface area contributed by atoms with Crippen molar-refractivity contribution in [1.82, 2.24) is 9.21 Å². The molecule has 1 aliphatic rings. The number of benzene rings is 3. The fourth-order valence-corrected chi connectivity index (χ4v) is 5.34. The predicted octanol–water partition coefficient (Wildman–Crippen LogP) is 3.68. The van der Waals surface area contributed by atoms with Gasteiger partial charge in [0.05, 0.1) is 30.1 Å². The molecule has 3 aromatic carbocycles. The highest BCUT2D eigenvalue weighted by atomic mass is 32.2. The lowest BCUT2D eigenvalue weighted by atomic mass is 9.91. The molecule has 0 bridgehead atoms. The molecule has 0 aliphatic carbocycles. The summed E-state index contributed by atoms with van der Waals surface area (Å²) < 4.78 is 43.0. The van der Waals surface area contributed by atoms with Crippen molar-refractivity contribution in [2.24, 2.45) is 0 Å². The molecule has 0 fully saturated rings. The second-order valence-electron chi connectivity index (χ2n) is 9.04. The summed E-state index contributed by atoms with van der Waals surface area (Å²) in [6.45, 7) is 0.451. The highest BCUT2D eigenvalue weighted by molar-refractivity contribution is 7.89. The Hall–Kier alpha value is -4.16. The van der Waals surface area contributed by atoms with Gasteiger partial charge >= 0.3 is 0 Å². The van der Waals surface area contributed by atoms with Crippen molar-refractivity contribution < 1.29 is 32.3 Å². The Bertz CT molecular complexity index is 1470. The summed E-state index contributed by atoms with van der Waals surface area (Å²) in [6, 6.07) is 14.7. The molecule has 1 amide bonds. The Morgan fingerprint density at radius 1 is 1.03 bits per heavy atom. The number of nitro benzene ring substituents is 1. The van der Waals surface area contributed by atoms with E-state index >= 15 is 0 Å². The molecule has 39 heavy (non-hydrogen) atoms. The van der Waals surface area contributed by atoms with Crippen LogP contribution in [0.3, 0.4) is 0 Å². The van der Waals surface area contributed by atoms with Crippen LogP contribution in [0.5, 0.6) is 17.2 Å². The van der Waals surface area contributed by atoms with E-state index in [0.29, 0.717) is 35.8 Å². The zero-order chi connectivity index (χ0) is 28.3. The van der Waals surface area contributed by atoms with Gasteiger partial charge in [-0.15, -0.1) is 0 Å². The Labute approximate surface area is 226 Å². The number of nitrogens with zero attached hydrogens (tertiary/aromatic N) is 3. The normalized spacial score (nSPS) is 15.0. The molecule has 206 valence electrons. The van der Waals surface area contributed by atoms with Crippen LogP contribution in [0.1, 0.15) is 27.5 Å². The van der Waals surface area contributed by atoms with E-state index in [-0.39, 0.29) is 23.1 Å². The minimum atomic E-state index is -3.64. The number of hydrogen-bond acceptors (Lipinski definition) is 8. The number of ether oxygens (including phenoxy) is 3. The van der Waals surface area contributed by atoms with Gasteiger partial charge in [-0.05, 0) is 66.1 Å². The van der Waals surface area contributed by atoms with E-state index in [2.05, 4.69) is 0 Å². The van der Waals surface area contributed by atoms with Gasteiger partial charge in [-0.25, -0.2) is 12.7 Å². The van der Waals surface area contributed by atoms with E-state index in [1.165, 1.54) is 69.7 Å². The van der Waals surface area contributed by atoms with Crippen LogP contribution in [0.25, 0.3) is 0 Å². The third kappa shape index (κ3) is 5.66. The van der Waals surface area contributed by atoms with Crippen LogP contribution in [-0.4, -0.2) is 69.9 Å². The number of hydrogen-bond donors (Lipinski definition) is 0. The maximum Gasteiger partial charge on any atom is 0.269 e. The van der Waals surface area contributed by atoms with Crippen molar-refractivity contribution in [3.8, 4) is 17.2 Å². The molecular formula is C27H29N3O8S. The number of carbonyl (C=O) groups is 1. The molecule has 1 aliphatic heterocycles. The molecule has 3 aromatic rings. The van der Waals surface area contributed by atoms with Gasteiger partial charge in [0, 0.05) is 38.3 Å². The summed E-state index contributed by atoms with van der Waals surface area (Å²) in [4.78, 5) is 26.0. The molecule has 0 N–H and O–H groups in total. The number of nitro groups is 1. The second kappa shape index (κ2) is 11.3. The average Bonchev–Trinajstić information content (AvgIpc) is 2.94. The third-order valence-corrected chi connectivity index (χ3v) is 8.43. The standard InChI is InChI=1S/C27H29N3O8S/c1-28(2)39(34,35)22-11-5-18(6-12-22)27(31)29-14-13-19-15-25(36-3)26(37-4)16-23(19)24(29)17-38-21-9-7-20(8-10-21)30(32)33/h5-12,15-16,24H,13-14,17H2,1-4H3/t24-/m1/s1. The van der Waals surface area contributed by atoms with Gasteiger partial charge in [-0.2, -0.15) is 0 Å². The number of non-ortho nitro benzene ring substituents is 1. The molecule has 0 spiro atoms. The largest absolute Gasteiger partial charge is 0.493 e. The first-order chi connectivity index (χ1) is 18.6. The van der Waals surface area contributed by atoms with Gasteiger partial charge in [0.1, 0.15) is 12.4 Å². The molecule has 0 saturated heterocycles. The first-order valence-electron chi connectivity index (χ1n) is 12.0. The van der Waals surface area contributed by atoms with E-state index in [4.69, 9.17) is 14.2 Å². The van der Waals surface area contributed by atoms with Crippen molar-refractivity contribution in [2.45, 2.75) is 17.4 Å². The average molecular weight is 556 g/mol. The highest BCUT2D eigenvalue weighted by Gasteiger charge is 2.33. The van der Waals surface area contributed by atoms with Gasteiger partial charge < -0.3 is 19.1 Å². The number of amides is 1. The van der Waals surface area contributed by atoms with Crippen LogP contribution in [0.15, 0.2) is 65.6 Å². The maximum atomic E-state index is 13.7. The summed E-state index contributed by atoms with van der Waals surface area (Å²) in [5, 5.41) is 11.0. The van der Waals surface area contributed by atoms with Crippen molar-refractivity contribution >= 4 is 21.6 Å². The molecular weight excluding hydrogens is 526 g/mol. The molecule has 4 rings (SSSR count). The molecule has 0 radical (unpaired) electrons. The van der Waals surface area contributed by atoms with Gasteiger partial charge in [0.2, 0.25) is 10.0 Å². The summed E-state index contributed by atoms with van der Waals surface area (Å²) in [6.07, 6.45) is 0.558. The van der Waals surface area contributed by atoms with Gasteiger partial charge in [0.25, 0.3) is 11.6 Å². The van der Waals surface area contributed by atoms with Crippen molar-refractivity contribution in [1.29, 1.82) is 0 Å². The molecule has 1 atom stereocenters. The van der Waals surface area contributed by atoms with Crippen molar-refractivity contribution in [3.05, 3.63) is 87.5 Å². The molecule has 12 heteroatoms. The van der Waals surface area contributed by atoms with E-state index in [1.54, 1.807) is 12.0 Å². The highest BCUT2D eigenvalue weighted by Crippen LogP contribution is 2.39. The van der Waals surface area contributed by atoms with Crippen LogP contribution >= 0.6 is 0 Å². The van der Waals surface area contributed by atoms with E-state index in [1.807, 2.05) is 12.1 Å². The van der Waals surface area contributed by atoms with Crippen LogP contribution in [-0.2, 0) is 16.4 Å². The maximum absolute atomic E-state index is 13.7. The lowest BCUT2D eigenvalue weighted by Gasteiger charge is -2.37. The molecule has 11 nitrogen and oxygen atoms in total. The summed E-state index contributed by atoms with van der Waals surface area (Å²) >= 11 is 0. The SMILES string of the molecule is COc1cc2c(cc1OC)[C@@H](COc1ccc([N+](=O)[O-])cc1)N(C(=O)c1ccc(S(=O)(=O)N(C)C)cc1)CC2. The number of carbonyl (C=O) groups excluding carboxylic acids is 1. The van der Waals surface area contributed by atoms with Gasteiger partial charge in [0.15, 0.2) is 11.5 Å². The quantitative estimate of drug-likeness (QED) is 0.289. The van der Waals surface area contributed by atoms with Crippen LogP contribution < -0.4 is 14.2 Å². The minimum absolute atomic E-state index is 0.0567. The number of methoxy groups -OCH3 is 2. The minimum Gasteiger partial charge on any atom is -0.493 e. The summed E-state index contributed by atoms with van der Waals surface area (Å²) in [5.74, 6) is 1.20. The van der Waals surface area contributed by atoms with Gasteiger partial charge in [-0.1, -0.05) is 0 Å². The summed E-state index contributed by atoms with van der Waals surface area (Å²) in [5.41, 5.74) is 2.07. The lowest BCUT2D eigenvalue weighted by Crippen LogP contribution is -2.42. The third-order valence-electron chi connectivity index (χ3n) is 6.60. The number of rotatable bonds is 9.